The van der Waals surface area contributed by atoms with Gasteiger partial charge in [0.05, 0.1) is 25.4 Å². The van der Waals surface area contributed by atoms with Crippen LogP contribution in [0, 0.1) is 0 Å². The Balaban J connectivity index is 2.03. The van der Waals surface area contributed by atoms with E-state index in [1.807, 2.05) is 0 Å². The van der Waals surface area contributed by atoms with E-state index >= 15 is 0 Å². The van der Waals surface area contributed by atoms with Crippen molar-refractivity contribution in [1.29, 1.82) is 0 Å². The normalized spacial score (nSPS) is 20.0. The molecule has 0 aromatic carbocycles. The number of ether oxygens (including phenoxy) is 2. The number of rotatable bonds is 48. The van der Waals surface area contributed by atoms with E-state index in [-0.39, 0.29) is 12.5 Å². The summed E-state index contributed by atoms with van der Waals surface area (Å²) in [5.41, 5.74) is 0. The summed E-state index contributed by atoms with van der Waals surface area (Å²) in [5.74, 6) is -0.144. The van der Waals surface area contributed by atoms with Crippen LogP contribution in [-0.4, -0.2) is 87.5 Å². The third-order valence-electron chi connectivity index (χ3n) is 13.4. The molecule has 9 heteroatoms. The number of aliphatic hydroxyl groups is 5. The van der Waals surface area contributed by atoms with Crippen LogP contribution in [0.15, 0.2) is 48.6 Å². The Kier molecular flexibility index (Phi) is 45.1. The van der Waals surface area contributed by atoms with E-state index in [1.165, 1.54) is 167 Å². The lowest BCUT2D eigenvalue weighted by molar-refractivity contribution is -0.302. The lowest BCUT2D eigenvalue weighted by Crippen LogP contribution is -2.60. The van der Waals surface area contributed by atoms with Crippen LogP contribution < -0.4 is 5.32 Å². The number of hydrogen-bond donors (Lipinski definition) is 6. The third kappa shape index (κ3) is 37.6. The van der Waals surface area contributed by atoms with Gasteiger partial charge in [0.1, 0.15) is 24.4 Å². The van der Waals surface area contributed by atoms with Gasteiger partial charge in [0.25, 0.3) is 0 Å². The molecule has 7 atom stereocenters. The van der Waals surface area contributed by atoms with Gasteiger partial charge in [-0.05, 0) is 51.4 Å². The van der Waals surface area contributed by atoms with Gasteiger partial charge in [-0.2, -0.15) is 0 Å². The van der Waals surface area contributed by atoms with Crippen molar-refractivity contribution in [2.45, 2.75) is 301 Å². The van der Waals surface area contributed by atoms with Crippen LogP contribution in [0.2, 0.25) is 0 Å². The molecule has 0 radical (unpaired) electrons. The van der Waals surface area contributed by atoms with Gasteiger partial charge in [0, 0.05) is 6.42 Å². The molecule has 1 fully saturated rings. The largest absolute Gasteiger partial charge is 0.394 e. The lowest BCUT2D eigenvalue weighted by Gasteiger charge is -2.40. The van der Waals surface area contributed by atoms with Gasteiger partial charge in [-0.1, -0.05) is 249 Å². The predicted molar refractivity (Wildman–Crippen MR) is 281 cm³/mol. The second-order valence-electron chi connectivity index (χ2n) is 19.7. The first-order valence-corrected chi connectivity index (χ1v) is 28.3. The highest BCUT2D eigenvalue weighted by atomic mass is 16.7. The molecule has 1 aliphatic rings. The van der Waals surface area contributed by atoms with E-state index in [2.05, 4.69) is 67.8 Å². The smallest absolute Gasteiger partial charge is 0.220 e. The summed E-state index contributed by atoms with van der Waals surface area (Å²) in [7, 11) is 0. The summed E-state index contributed by atoms with van der Waals surface area (Å²) in [6.07, 6.45) is 56.0. The number of hydrogen-bond acceptors (Lipinski definition) is 8. The topological polar surface area (TPSA) is 149 Å². The Hall–Kier alpha value is -1.85. The van der Waals surface area contributed by atoms with Gasteiger partial charge in [0.15, 0.2) is 6.29 Å². The zero-order valence-corrected chi connectivity index (χ0v) is 43.4. The molecule has 67 heavy (non-hydrogen) atoms. The summed E-state index contributed by atoms with van der Waals surface area (Å²) in [6, 6.07) is -0.715. The van der Waals surface area contributed by atoms with Crippen molar-refractivity contribution in [2.75, 3.05) is 13.2 Å². The maximum Gasteiger partial charge on any atom is 0.220 e. The third-order valence-corrected chi connectivity index (χ3v) is 13.4. The zero-order chi connectivity index (χ0) is 48.7. The molecule has 1 aliphatic heterocycles. The molecule has 1 saturated heterocycles. The van der Waals surface area contributed by atoms with Crippen LogP contribution >= 0.6 is 0 Å². The average Bonchev–Trinajstić information content (AvgIpc) is 3.33. The Morgan fingerprint density at radius 1 is 0.522 bits per heavy atom. The summed E-state index contributed by atoms with van der Waals surface area (Å²) in [6.45, 7) is 3.71. The molecular formula is C58H107NO8. The number of unbranched alkanes of at least 4 members (excludes halogenated alkanes) is 30. The highest BCUT2D eigenvalue weighted by molar-refractivity contribution is 5.76. The van der Waals surface area contributed by atoms with Crippen LogP contribution in [-0.2, 0) is 14.3 Å². The Morgan fingerprint density at radius 2 is 0.925 bits per heavy atom. The quantitative estimate of drug-likeness (QED) is 0.0261. The first kappa shape index (κ1) is 63.2. The van der Waals surface area contributed by atoms with E-state index in [9.17, 15) is 30.3 Å². The number of nitrogens with one attached hydrogen (secondary N) is 1. The number of allylic oxidation sites excluding steroid dienone is 8. The van der Waals surface area contributed by atoms with Gasteiger partial charge in [-0.3, -0.25) is 4.79 Å². The summed E-state index contributed by atoms with van der Waals surface area (Å²) in [4.78, 5) is 13.0. The minimum atomic E-state index is -1.55. The van der Waals surface area contributed by atoms with Crippen LogP contribution in [0.5, 0.6) is 0 Å². The second-order valence-corrected chi connectivity index (χ2v) is 19.7. The molecule has 9 nitrogen and oxygen atoms in total. The molecule has 1 amide bonds. The van der Waals surface area contributed by atoms with Gasteiger partial charge >= 0.3 is 0 Å². The molecular weight excluding hydrogens is 839 g/mol. The van der Waals surface area contributed by atoms with Gasteiger partial charge in [0.2, 0.25) is 5.91 Å². The van der Waals surface area contributed by atoms with Crippen LogP contribution in [0.3, 0.4) is 0 Å². The highest BCUT2D eigenvalue weighted by Crippen LogP contribution is 2.23. The molecule has 0 aliphatic carbocycles. The van der Waals surface area contributed by atoms with Crippen molar-refractivity contribution in [2.24, 2.45) is 0 Å². The van der Waals surface area contributed by atoms with E-state index in [1.54, 1.807) is 0 Å². The van der Waals surface area contributed by atoms with E-state index < -0.39 is 49.5 Å². The second kappa shape index (κ2) is 47.8. The molecule has 0 saturated carbocycles. The molecule has 0 bridgehead atoms. The standard InChI is InChI=1S/C58H107NO8/c1-3-5-7-9-11-13-14-15-16-17-18-19-20-21-22-23-24-25-26-27-28-29-30-31-32-33-34-35-36-37-38-40-42-44-46-48-54(62)59-51(52(61)47-45-43-41-39-12-10-8-6-4-2)50-66-58-57(65)56(64)55(63)53(49-60)67-58/h5,7,11,13,15-16,18-19,51-53,55-58,60-61,63-65H,3-4,6,8-10,12,14,17,20-50H2,1-2H3,(H,59,62)/b7-5-,13-11-,16-15-,19-18-. The molecule has 7 unspecified atom stereocenters. The van der Waals surface area contributed by atoms with Crippen molar-refractivity contribution in [3.05, 3.63) is 48.6 Å². The molecule has 1 heterocycles. The Morgan fingerprint density at radius 3 is 1.37 bits per heavy atom. The fourth-order valence-electron chi connectivity index (χ4n) is 8.98. The fourth-order valence-corrected chi connectivity index (χ4v) is 8.98. The Bertz CT molecular complexity index is 1190. The van der Waals surface area contributed by atoms with Crippen molar-refractivity contribution in [3.63, 3.8) is 0 Å². The maximum absolute atomic E-state index is 13.0. The van der Waals surface area contributed by atoms with Crippen LogP contribution in [0.4, 0.5) is 0 Å². The number of amides is 1. The lowest BCUT2D eigenvalue weighted by atomic mass is 9.99. The summed E-state index contributed by atoms with van der Waals surface area (Å²) < 4.78 is 11.3. The van der Waals surface area contributed by atoms with Gasteiger partial charge in [-0.15, -0.1) is 0 Å². The SMILES string of the molecule is CC/C=C\C/C=C\C/C=C\C/C=C\CCCCCCCCCCCCCCCCCCCCCCCCC(=O)NC(COC1OC(CO)C(O)C(O)C1O)C(O)CCCCCCCCCCC. The molecule has 0 aromatic rings. The number of carbonyl (C=O) groups is 1. The summed E-state index contributed by atoms with van der Waals surface area (Å²) >= 11 is 0. The zero-order valence-electron chi connectivity index (χ0n) is 43.4. The first-order valence-electron chi connectivity index (χ1n) is 28.3. The molecule has 0 aromatic heterocycles. The van der Waals surface area contributed by atoms with Gasteiger partial charge < -0.3 is 40.3 Å². The van der Waals surface area contributed by atoms with Crippen molar-refractivity contribution in [3.8, 4) is 0 Å². The van der Waals surface area contributed by atoms with Crippen molar-refractivity contribution in [1.82, 2.24) is 5.32 Å². The van der Waals surface area contributed by atoms with Crippen LogP contribution in [0.25, 0.3) is 0 Å². The number of aliphatic hydroxyl groups excluding tert-OH is 5. The molecule has 6 N–H and O–H groups in total. The minimum absolute atomic E-state index is 0.136. The number of carbonyl (C=O) groups excluding carboxylic acids is 1. The first-order chi connectivity index (χ1) is 32.8. The van der Waals surface area contributed by atoms with E-state index in [4.69, 9.17) is 9.47 Å². The van der Waals surface area contributed by atoms with Crippen LogP contribution in [0.1, 0.15) is 258 Å². The highest BCUT2D eigenvalue weighted by Gasteiger charge is 2.44. The Labute approximate surface area is 412 Å². The fraction of sp³-hybridized carbons (Fsp3) is 0.845. The molecule has 392 valence electrons. The average molecular weight is 946 g/mol. The molecule has 0 spiro atoms. The van der Waals surface area contributed by atoms with Crippen molar-refractivity contribution >= 4 is 5.91 Å². The minimum Gasteiger partial charge on any atom is -0.394 e. The monoisotopic (exact) mass is 946 g/mol. The maximum atomic E-state index is 13.0. The van der Waals surface area contributed by atoms with Gasteiger partial charge in [-0.25, -0.2) is 0 Å². The predicted octanol–water partition coefficient (Wildman–Crippen LogP) is 13.7. The van der Waals surface area contributed by atoms with E-state index in [0.717, 1.165) is 64.2 Å². The summed E-state index contributed by atoms with van der Waals surface area (Å²) in [5, 5.41) is 54.4. The molecule has 1 rings (SSSR count). The van der Waals surface area contributed by atoms with Crippen molar-refractivity contribution < 1.29 is 39.8 Å². The van der Waals surface area contributed by atoms with E-state index in [0.29, 0.717) is 12.8 Å².